The van der Waals surface area contributed by atoms with Crippen LogP contribution in [0.5, 0.6) is 5.88 Å². The Kier molecular flexibility index (Phi) is 5.38. The Balaban J connectivity index is 1.86. The summed E-state index contributed by atoms with van der Waals surface area (Å²) in [5.41, 5.74) is 0. The molecule has 1 aliphatic rings. The lowest BCUT2D eigenvalue weighted by Gasteiger charge is -2.30. The van der Waals surface area contributed by atoms with Gasteiger partial charge in [-0.3, -0.25) is 4.90 Å². The molecule has 0 aliphatic carbocycles. The molecule has 1 atom stereocenters. The van der Waals surface area contributed by atoms with Crippen LogP contribution in [0.15, 0.2) is 24.4 Å². The predicted molar refractivity (Wildman–Crippen MR) is 69.8 cm³/mol. The molecular weight excluding hydrogens is 230 g/mol. The largest absolute Gasteiger partial charge is 0.471 e. The number of methoxy groups -OCH3 is 1. The molecule has 1 aromatic heterocycles. The molecule has 2 heterocycles. The van der Waals surface area contributed by atoms with Gasteiger partial charge < -0.3 is 14.8 Å². The minimum Gasteiger partial charge on any atom is -0.471 e. The summed E-state index contributed by atoms with van der Waals surface area (Å²) < 4.78 is 11.1. The molecule has 1 N–H and O–H groups in total. The Bertz CT molecular complexity index is 328. The van der Waals surface area contributed by atoms with Crippen molar-refractivity contribution in [1.29, 1.82) is 0 Å². The molecule has 0 unspecified atom stereocenters. The number of rotatable bonds is 6. The SMILES string of the molecule is COC[C@@H](CN1CCNCC1)Oc1ccccn1. The van der Waals surface area contributed by atoms with E-state index in [1.54, 1.807) is 13.3 Å². The number of hydrogen-bond donors (Lipinski definition) is 1. The lowest BCUT2D eigenvalue weighted by atomic mass is 10.3. The molecule has 5 nitrogen and oxygen atoms in total. The second-order valence-electron chi connectivity index (χ2n) is 4.41. The van der Waals surface area contributed by atoms with Gasteiger partial charge in [-0.25, -0.2) is 4.98 Å². The lowest BCUT2D eigenvalue weighted by molar-refractivity contribution is 0.0477. The van der Waals surface area contributed by atoms with Crippen LogP contribution in [0.25, 0.3) is 0 Å². The predicted octanol–water partition coefficient (Wildman–Crippen LogP) is 0.381. The van der Waals surface area contributed by atoms with Crippen LogP contribution >= 0.6 is 0 Å². The number of nitrogens with one attached hydrogen (secondary N) is 1. The minimum atomic E-state index is 0.0306. The molecule has 0 aromatic carbocycles. The summed E-state index contributed by atoms with van der Waals surface area (Å²) in [7, 11) is 1.70. The van der Waals surface area contributed by atoms with E-state index in [1.807, 2.05) is 18.2 Å². The third-order valence-corrected chi connectivity index (χ3v) is 2.95. The Morgan fingerprint density at radius 1 is 1.39 bits per heavy atom. The van der Waals surface area contributed by atoms with Crippen LogP contribution in [0.3, 0.4) is 0 Å². The van der Waals surface area contributed by atoms with Crippen molar-refractivity contribution in [1.82, 2.24) is 15.2 Å². The van der Waals surface area contributed by atoms with Gasteiger partial charge in [-0.2, -0.15) is 0 Å². The Morgan fingerprint density at radius 3 is 2.89 bits per heavy atom. The molecule has 0 radical (unpaired) electrons. The van der Waals surface area contributed by atoms with Gasteiger partial charge in [-0.1, -0.05) is 6.07 Å². The monoisotopic (exact) mass is 251 g/mol. The average Bonchev–Trinajstić information content (AvgIpc) is 2.41. The molecule has 0 saturated carbocycles. The Labute approximate surface area is 108 Å². The van der Waals surface area contributed by atoms with E-state index in [9.17, 15) is 0 Å². The van der Waals surface area contributed by atoms with E-state index in [2.05, 4.69) is 15.2 Å². The molecule has 1 aromatic rings. The molecule has 18 heavy (non-hydrogen) atoms. The highest BCUT2D eigenvalue weighted by molar-refractivity contribution is 5.09. The van der Waals surface area contributed by atoms with Gasteiger partial charge in [0.1, 0.15) is 6.10 Å². The summed E-state index contributed by atoms with van der Waals surface area (Å²) in [5, 5.41) is 3.34. The molecule has 1 saturated heterocycles. The van der Waals surface area contributed by atoms with Crippen molar-refractivity contribution in [2.75, 3.05) is 46.4 Å². The lowest BCUT2D eigenvalue weighted by Crippen LogP contribution is -2.48. The smallest absolute Gasteiger partial charge is 0.213 e. The van der Waals surface area contributed by atoms with E-state index >= 15 is 0 Å². The molecule has 5 heteroatoms. The maximum absolute atomic E-state index is 5.86. The van der Waals surface area contributed by atoms with Crippen LogP contribution in [0, 0.1) is 0 Å². The Morgan fingerprint density at radius 2 is 2.22 bits per heavy atom. The molecule has 1 fully saturated rings. The number of pyridine rings is 1. The number of piperazine rings is 1. The first-order valence-electron chi connectivity index (χ1n) is 6.38. The second-order valence-corrected chi connectivity index (χ2v) is 4.41. The first-order valence-corrected chi connectivity index (χ1v) is 6.38. The molecule has 0 amide bonds. The number of ether oxygens (including phenoxy) is 2. The quantitative estimate of drug-likeness (QED) is 0.792. The second kappa shape index (κ2) is 7.31. The summed E-state index contributed by atoms with van der Waals surface area (Å²) in [6.45, 7) is 5.68. The van der Waals surface area contributed by atoms with Gasteiger partial charge in [0, 0.05) is 52.1 Å². The zero-order valence-corrected chi connectivity index (χ0v) is 10.8. The van der Waals surface area contributed by atoms with Gasteiger partial charge in [0.25, 0.3) is 0 Å². The van der Waals surface area contributed by atoms with Crippen LogP contribution in [-0.2, 0) is 4.74 Å². The molecule has 100 valence electrons. The van der Waals surface area contributed by atoms with Crippen molar-refractivity contribution in [3.05, 3.63) is 24.4 Å². The zero-order valence-electron chi connectivity index (χ0n) is 10.8. The van der Waals surface area contributed by atoms with Gasteiger partial charge in [-0.05, 0) is 6.07 Å². The van der Waals surface area contributed by atoms with Crippen LogP contribution in [0.1, 0.15) is 0 Å². The van der Waals surface area contributed by atoms with Crippen LogP contribution in [-0.4, -0.2) is 62.4 Å². The van der Waals surface area contributed by atoms with Gasteiger partial charge >= 0.3 is 0 Å². The normalized spacial score (nSPS) is 18.5. The maximum atomic E-state index is 5.86. The number of aromatic nitrogens is 1. The van der Waals surface area contributed by atoms with Crippen molar-refractivity contribution >= 4 is 0 Å². The minimum absolute atomic E-state index is 0.0306. The summed E-state index contributed by atoms with van der Waals surface area (Å²) >= 11 is 0. The van der Waals surface area contributed by atoms with Crippen LogP contribution in [0.2, 0.25) is 0 Å². The van der Waals surface area contributed by atoms with E-state index in [4.69, 9.17) is 9.47 Å². The van der Waals surface area contributed by atoms with Crippen molar-refractivity contribution in [3.63, 3.8) is 0 Å². The van der Waals surface area contributed by atoms with Crippen LogP contribution in [0.4, 0.5) is 0 Å². The highest BCUT2D eigenvalue weighted by Crippen LogP contribution is 2.08. The highest BCUT2D eigenvalue weighted by atomic mass is 16.5. The van der Waals surface area contributed by atoms with Gasteiger partial charge in [0.2, 0.25) is 5.88 Å². The van der Waals surface area contributed by atoms with E-state index in [0.29, 0.717) is 12.5 Å². The molecule has 1 aliphatic heterocycles. The molecule has 0 bridgehead atoms. The standard InChI is InChI=1S/C13H21N3O2/c1-17-11-12(10-16-8-6-14-7-9-16)18-13-4-2-3-5-15-13/h2-5,12,14H,6-11H2,1H3/t12-/m1/s1. The zero-order chi connectivity index (χ0) is 12.6. The van der Waals surface area contributed by atoms with Crippen molar-refractivity contribution < 1.29 is 9.47 Å². The van der Waals surface area contributed by atoms with E-state index in [0.717, 1.165) is 32.7 Å². The van der Waals surface area contributed by atoms with Crippen molar-refractivity contribution in [3.8, 4) is 5.88 Å². The summed E-state index contributed by atoms with van der Waals surface area (Å²) in [4.78, 5) is 6.58. The fourth-order valence-electron chi connectivity index (χ4n) is 2.08. The first kappa shape index (κ1) is 13.3. The fraction of sp³-hybridized carbons (Fsp3) is 0.615. The molecular formula is C13H21N3O2. The third kappa shape index (κ3) is 4.25. The van der Waals surface area contributed by atoms with Gasteiger partial charge in [-0.15, -0.1) is 0 Å². The summed E-state index contributed by atoms with van der Waals surface area (Å²) in [5.74, 6) is 0.662. The Hall–Kier alpha value is -1.17. The van der Waals surface area contributed by atoms with Crippen molar-refractivity contribution in [2.24, 2.45) is 0 Å². The maximum Gasteiger partial charge on any atom is 0.213 e. The fourth-order valence-corrected chi connectivity index (χ4v) is 2.08. The number of nitrogens with zero attached hydrogens (tertiary/aromatic N) is 2. The van der Waals surface area contributed by atoms with Gasteiger partial charge in [0.05, 0.1) is 6.61 Å². The average molecular weight is 251 g/mol. The summed E-state index contributed by atoms with van der Waals surface area (Å²) in [6, 6.07) is 5.69. The van der Waals surface area contributed by atoms with E-state index in [-0.39, 0.29) is 6.10 Å². The van der Waals surface area contributed by atoms with E-state index in [1.165, 1.54) is 0 Å². The topological polar surface area (TPSA) is 46.6 Å². The highest BCUT2D eigenvalue weighted by Gasteiger charge is 2.17. The number of hydrogen-bond acceptors (Lipinski definition) is 5. The van der Waals surface area contributed by atoms with Gasteiger partial charge in [0.15, 0.2) is 0 Å². The van der Waals surface area contributed by atoms with Crippen molar-refractivity contribution in [2.45, 2.75) is 6.10 Å². The van der Waals surface area contributed by atoms with E-state index < -0.39 is 0 Å². The summed E-state index contributed by atoms with van der Waals surface area (Å²) in [6.07, 6.45) is 1.77. The molecule has 2 rings (SSSR count). The molecule has 0 spiro atoms. The van der Waals surface area contributed by atoms with Crippen LogP contribution < -0.4 is 10.1 Å². The third-order valence-electron chi connectivity index (χ3n) is 2.95. The first-order chi connectivity index (χ1) is 8.88.